The summed E-state index contributed by atoms with van der Waals surface area (Å²) in [6.07, 6.45) is 4.68. The Morgan fingerprint density at radius 3 is 2.85 bits per heavy atom. The van der Waals surface area contributed by atoms with Crippen LogP contribution in [0.1, 0.15) is 22.8 Å². The van der Waals surface area contributed by atoms with Gasteiger partial charge in [0.15, 0.2) is 0 Å². The smallest absolute Gasteiger partial charge is 0.338 e. The van der Waals surface area contributed by atoms with Crippen molar-refractivity contribution in [3.05, 3.63) is 41.6 Å². The first-order chi connectivity index (χ1) is 9.67. The predicted octanol–water partition coefficient (Wildman–Crippen LogP) is 2.53. The Morgan fingerprint density at radius 2 is 2.15 bits per heavy atom. The number of methoxy groups -OCH3 is 1. The van der Waals surface area contributed by atoms with Gasteiger partial charge in [0.25, 0.3) is 0 Å². The van der Waals surface area contributed by atoms with Gasteiger partial charge in [-0.05, 0) is 25.1 Å². The highest BCUT2D eigenvalue weighted by atomic mass is 16.5. The van der Waals surface area contributed by atoms with E-state index in [9.17, 15) is 9.59 Å². The molecule has 2 rings (SSSR count). The minimum absolute atomic E-state index is 0.324. The van der Waals surface area contributed by atoms with Crippen LogP contribution in [0.2, 0.25) is 0 Å². The zero-order valence-electron chi connectivity index (χ0n) is 11.3. The van der Waals surface area contributed by atoms with E-state index in [4.69, 9.17) is 9.47 Å². The Kier molecular flexibility index (Phi) is 4.20. The second-order valence-electron chi connectivity index (χ2n) is 4.05. The molecule has 0 unspecified atom stereocenters. The summed E-state index contributed by atoms with van der Waals surface area (Å²) in [5, 5.41) is 0.722. The molecule has 20 heavy (non-hydrogen) atoms. The number of esters is 2. The largest absolute Gasteiger partial charge is 0.465 e. The molecule has 0 amide bonds. The molecule has 1 aromatic carbocycles. The first-order valence-corrected chi connectivity index (χ1v) is 6.20. The van der Waals surface area contributed by atoms with E-state index in [2.05, 4.69) is 4.98 Å². The number of benzene rings is 1. The molecule has 0 saturated heterocycles. The highest BCUT2D eigenvalue weighted by Gasteiger charge is 2.13. The Hall–Kier alpha value is -2.56. The monoisotopic (exact) mass is 273 g/mol. The Balaban J connectivity index is 2.44. The summed E-state index contributed by atoms with van der Waals surface area (Å²) < 4.78 is 9.59. The summed E-state index contributed by atoms with van der Waals surface area (Å²) in [4.78, 5) is 26.2. The van der Waals surface area contributed by atoms with Crippen molar-refractivity contribution in [3.63, 3.8) is 0 Å². The molecule has 0 atom stereocenters. The Labute approximate surface area is 116 Å². The van der Waals surface area contributed by atoms with E-state index in [0.29, 0.717) is 12.2 Å². The highest BCUT2D eigenvalue weighted by molar-refractivity contribution is 6.07. The van der Waals surface area contributed by atoms with E-state index in [1.54, 1.807) is 31.3 Å². The lowest BCUT2D eigenvalue weighted by molar-refractivity contribution is -0.137. The number of fused-ring (bicyclic) bond motifs is 1. The fraction of sp³-hybridized carbons (Fsp3) is 0.200. The van der Waals surface area contributed by atoms with E-state index < -0.39 is 11.9 Å². The second-order valence-corrected chi connectivity index (χ2v) is 4.05. The second kappa shape index (κ2) is 6.06. The molecule has 1 aromatic heterocycles. The van der Waals surface area contributed by atoms with Crippen LogP contribution in [0, 0.1) is 0 Å². The van der Waals surface area contributed by atoms with Gasteiger partial charge in [-0.25, -0.2) is 9.59 Å². The van der Waals surface area contributed by atoms with Crippen LogP contribution in [0.3, 0.4) is 0 Å². The molecule has 0 bridgehead atoms. The van der Waals surface area contributed by atoms with Crippen molar-refractivity contribution in [2.45, 2.75) is 6.92 Å². The number of carbonyl (C=O) groups is 2. The van der Waals surface area contributed by atoms with Gasteiger partial charge < -0.3 is 14.5 Å². The fourth-order valence-electron chi connectivity index (χ4n) is 1.97. The molecule has 0 aliphatic heterocycles. The molecule has 0 fully saturated rings. The lowest BCUT2D eigenvalue weighted by Gasteiger charge is -2.02. The standard InChI is InChI=1S/C15H15NO4/c1-3-20-13(17)8-7-10-9-16-12-6-4-5-11(14(10)12)15(18)19-2/h4-9,16H,3H2,1-2H3/b8-7+. The lowest BCUT2D eigenvalue weighted by Crippen LogP contribution is -2.02. The minimum atomic E-state index is -0.419. The number of ether oxygens (including phenoxy) is 2. The van der Waals surface area contributed by atoms with E-state index in [1.165, 1.54) is 13.2 Å². The number of aromatic nitrogens is 1. The number of hydrogen-bond acceptors (Lipinski definition) is 4. The molecule has 5 nitrogen and oxygen atoms in total. The van der Waals surface area contributed by atoms with E-state index in [-0.39, 0.29) is 0 Å². The summed E-state index contributed by atoms with van der Waals surface area (Å²) >= 11 is 0. The third-order valence-corrected chi connectivity index (χ3v) is 2.83. The Bertz CT molecular complexity index is 670. The van der Waals surface area contributed by atoms with Crippen molar-refractivity contribution in [2.24, 2.45) is 0 Å². The number of hydrogen-bond donors (Lipinski definition) is 1. The molecular weight excluding hydrogens is 258 g/mol. The van der Waals surface area contributed by atoms with Gasteiger partial charge in [0.2, 0.25) is 0 Å². The number of H-pyrrole nitrogens is 1. The molecule has 0 spiro atoms. The van der Waals surface area contributed by atoms with E-state index >= 15 is 0 Å². The molecule has 0 radical (unpaired) electrons. The van der Waals surface area contributed by atoms with Crippen molar-refractivity contribution in [1.29, 1.82) is 0 Å². The van der Waals surface area contributed by atoms with E-state index in [1.807, 2.05) is 6.07 Å². The lowest BCUT2D eigenvalue weighted by atomic mass is 10.1. The van der Waals surface area contributed by atoms with Crippen LogP contribution in [0.15, 0.2) is 30.5 Å². The highest BCUT2D eigenvalue weighted by Crippen LogP contribution is 2.24. The average Bonchev–Trinajstić information content (AvgIpc) is 2.87. The zero-order chi connectivity index (χ0) is 14.5. The van der Waals surface area contributed by atoms with Crippen LogP contribution in [0.4, 0.5) is 0 Å². The normalized spacial score (nSPS) is 10.9. The Morgan fingerprint density at radius 1 is 1.35 bits per heavy atom. The molecule has 0 aliphatic carbocycles. The molecular formula is C15H15NO4. The summed E-state index contributed by atoms with van der Waals surface area (Å²) in [7, 11) is 1.34. The molecule has 0 aliphatic rings. The zero-order valence-corrected chi connectivity index (χ0v) is 11.3. The summed E-state index contributed by atoms with van der Waals surface area (Å²) in [5.41, 5.74) is 1.99. The topological polar surface area (TPSA) is 68.4 Å². The maximum atomic E-state index is 11.8. The number of nitrogens with one attached hydrogen (secondary N) is 1. The summed E-state index contributed by atoms with van der Waals surface area (Å²) in [6, 6.07) is 5.30. The van der Waals surface area contributed by atoms with Gasteiger partial charge in [0.05, 0.1) is 19.3 Å². The molecule has 1 heterocycles. The van der Waals surface area contributed by atoms with Crippen molar-refractivity contribution in [1.82, 2.24) is 4.98 Å². The van der Waals surface area contributed by atoms with Crippen molar-refractivity contribution in [3.8, 4) is 0 Å². The van der Waals surface area contributed by atoms with Crippen LogP contribution in [-0.2, 0) is 14.3 Å². The van der Waals surface area contributed by atoms with Gasteiger partial charge in [-0.3, -0.25) is 0 Å². The van der Waals surface area contributed by atoms with Crippen molar-refractivity contribution in [2.75, 3.05) is 13.7 Å². The number of rotatable bonds is 4. The third-order valence-electron chi connectivity index (χ3n) is 2.83. The maximum absolute atomic E-state index is 11.8. The summed E-state index contributed by atoms with van der Waals surface area (Å²) in [6.45, 7) is 2.07. The molecule has 0 saturated carbocycles. The van der Waals surface area contributed by atoms with Gasteiger partial charge in [0, 0.05) is 28.7 Å². The van der Waals surface area contributed by atoms with Gasteiger partial charge >= 0.3 is 11.9 Å². The molecule has 2 aromatic rings. The number of carbonyl (C=O) groups excluding carboxylic acids is 2. The average molecular weight is 273 g/mol. The minimum Gasteiger partial charge on any atom is -0.465 e. The van der Waals surface area contributed by atoms with Crippen LogP contribution >= 0.6 is 0 Å². The van der Waals surface area contributed by atoms with Crippen LogP contribution < -0.4 is 0 Å². The van der Waals surface area contributed by atoms with Crippen molar-refractivity contribution < 1.29 is 19.1 Å². The first kappa shape index (κ1) is 13.9. The quantitative estimate of drug-likeness (QED) is 0.686. The molecule has 1 N–H and O–H groups in total. The number of aromatic amines is 1. The van der Waals surface area contributed by atoms with Gasteiger partial charge in [-0.1, -0.05) is 6.07 Å². The molecule has 5 heteroatoms. The summed E-state index contributed by atoms with van der Waals surface area (Å²) in [5.74, 6) is -0.835. The molecule has 104 valence electrons. The third kappa shape index (κ3) is 2.71. The van der Waals surface area contributed by atoms with Crippen molar-refractivity contribution >= 4 is 28.9 Å². The van der Waals surface area contributed by atoms with Gasteiger partial charge in [0.1, 0.15) is 0 Å². The maximum Gasteiger partial charge on any atom is 0.338 e. The predicted molar refractivity (Wildman–Crippen MR) is 75.3 cm³/mol. The van der Waals surface area contributed by atoms with Gasteiger partial charge in [-0.2, -0.15) is 0 Å². The van der Waals surface area contributed by atoms with Crippen LogP contribution in [-0.4, -0.2) is 30.6 Å². The van der Waals surface area contributed by atoms with E-state index in [0.717, 1.165) is 16.5 Å². The fourth-order valence-corrected chi connectivity index (χ4v) is 1.97. The SMILES string of the molecule is CCOC(=O)/C=C/c1c[nH]c2cccc(C(=O)OC)c12. The van der Waals surface area contributed by atoms with Crippen LogP contribution in [0.5, 0.6) is 0 Å². The first-order valence-electron chi connectivity index (χ1n) is 6.20. The van der Waals surface area contributed by atoms with Crippen LogP contribution in [0.25, 0.3) is 17.0 Å². The van der Waals surface area contributed by atoms with Gasteiger partial charge in [-0.15, -0.1) is 0 Å².